The van der Waals surface area contributed by atoms with Gasteiger partial charge in [-0.25, -0.2) is 6.57 Å². The van der Waals surface area contributed by atoms with Crippen molar-refractivity contribution in [2.24, 2.45) is 0 Å². The molecule has 2 unspecified atom stereocenters. The summed E-state index contributed by atoms with van der Waals surface area (Å²) in [6.45, 7) is 16.1. The van der Waals surface area contributed by atoms with Crippen LogP contribution in [0.25, 0.3) is 4.85 Å². The number of nitrogens with zero attached hydrogens (tertiary/aromatic N) is 2. The third kappa shape index (κ3) is 6.50. The van der Waals surface area contributed by atoms with Gasteiger partial charge in [0.25, 0.3) is 0 Å². The van der Waals surface area contributed by atoms with E-state index in [4.69, 9.17) is 36.3 Å². The van der Waals surface area contributed by atoms with Gasteiger partial charge in [-0.15, -0.1) is 6.42 Å². The Kier molecular flexibility index (Phi) is 9.93. The second-order valence-corrected chi connectivity index (χ2v) is 8.56. The highest BCUT2D eigenvalue weighted by Gasteiger charge is 2.45. The van der Waals surface area contributed by atoms with E-state index in [0.717, 1.165) is 12.6 Å². The highest BCUT2D eigenvalue weighted by molar-refractivity contribution is 7.50. The van der Waals surface area contributed by atoms with Gasteiger partial charge in [-0.3, -0.25) is 4.67 Å². The molecule has 1 rings (SSSR count). The lowest BCUT2D eigenvalue weighted by Crippen LogP contribution is -2.41. The van der Waals surface area contributed by atoms with Gasteiger partial charge in [0.15, 0.2) is 0 Å². The lowest BCUT2D eigenvalue weighted by molar-refractivity contribution is -0.00495. The predicted molar refractivity (Wildman–Crippen MR) is 105 cm³/mol. The number of ether oxygens (including phenoxy) is 2. The molecule has 0 aromatic heterocycles. The number of hydrogen-bond donors (Lipinski definition) is 1. The SMILES string of the molecule is [2H]OC[C@H]1O[C@@H]([B])[C@@H](OCC#C)C1OP(CCC[N+]#[C-])N(C(C)C)C(C)C. The minimum atomic E-state index is -1.02. The third-order valence-electron chi connectivity index (χ3n) is 4.05. The summed E-state index contributed by atoms with van der Waals surface area (Å²) >= 11 is 0. The van der Waals surface area contributed by atoms with Gasteiger partial charge >= 0.3 is 0 Å². The van der Waals surface area contributed by atoms with Crippen molar-refractivity contribution in [3.63, 3.8) is 0 Å². The average molecular weight is 381 g/mol. The Morgan fingerprint density at radius 1 is 1.42 bits per heavy atom. The summed E-state index contributed by atoms with van der Waals surface area (Å²) in [7, 11) is 5.05. The maximum Gasteiger partial charge on any atom is 0.215 e. The Labute approximate surface area is 162 Å². The van der Waals surface area contributed by atoms with Crippen LogP contribution < -0.4 is 0 Å². The van der Waals surface area contributed by atoms with Crippen molar-refractivity contribution in [3.05, 3.63) is 11.4 Å². The normalized spacial score (nSPS) is 27.5. The van der Waals surface area contributed by atoms with Gasteiger partial charge in [-0.1, -0.05) is 5.92 Å². The molecule has 1 aliphatic rings. The van der Waals surface area contributed by atoms with E-state index in [-0.39, 0.29) is 25.3 Å². The fourth-order valence-electron chi connectivity index (χ4n) is 3.11. The molecular weight excluding hydrogens is 350 g/mol. The summed E-state index contributed by atoms with van der Waals surface area (Å²) < 4.78 is 27.3. The summed E-state index contributed by atoms with van der Waals surface area (Å²) in [6.07, 6.45) is 5.30. The molecule has 5 atom stereocenters. The molecule has 8 heteroatoms. The van der Waals surface area contributed by atoms with Crippen LogP contribution in [0, 0.1) is 18.9 Å². The molecule has 144 valence electrons. The standard InChI is InChI=1S/C18H30BN2O4P/c1-7-10-23-17-16(15(12-22)24-18(17)19)25-26(11-8-9-20-6)21(13(2)3)14(4)5/h1,13-18,22H,8-12H2,2-5H3/t15-,16?,17+,18-,26?/m1/s1/i22D. The predicted octanol–water partition coefficient (Wildman–Crippen LogP) is 2.02. The lowest BCUT2D eigenvalue weighted by atomic mass is 9.93. The number of aliphatic hydroxyl groups is 1. The van der Waals surface area contributed by atoms with Crippen LogP contribution in [0.5, 0.6) is 0 Å². The molecule has 0 saturated carbocycles. The molecule has 1 saturated heterocycles. The van der Waals surface area contributed by atoms with Crippen molar-refractivity contribution < 1.29 is 19.1 Å². The zero-order chi connectivity index (χ0) is 20.4. The van der Waals surface area contributed by atoms with Crippen molar-refractivity contribution >= 4 is 16.1 Å². The molecule has 0 amide bonds. The highest BCUT2D eigenvalue weighted by atomic mass is 31.2. The van der Waals surface area contributed by atoms with E-state index < -0.39 is 32.6 Å². The van der Waals surface area contributed by atoms with E-state index in [1.807, 2.05) is 0 Å². The van der Waals surface area contributed by atoms with Crippen LogP contribution >= 0.6 is 8.30 Å². The second kappa shape index (κ2) is 11.9. The molecule has 1 fully saturated rings. The molecule has 0 aromatic rings. The number of rotatable bonds is 12. The molecule has 1 aliphatic heterocycles. The summed E-state index contributed by atoms with van der Waals surface area (Å²) in [5, 5.41) is 4.54. The molecule has 0 bridgehead atoms. The Hall–Kier alpha value is -0.655. The summed E-state index contributed by atoms with van der Waals surface area (Å²) in [5.41, 5.74) is 0. The summed E-state index contributed by atoms with van der Waals surface area (Å²) in [5.74, 6) is 2.44. The van der Waals surface area contributed by atoms with Gasteiger partial charge in [0.2, 0.25) is 7.98 Å². The zero-order valence-electron chi connectivity index (χ0n) is 17.1. The Balaban J connectivity index is 3.03. The van der Waals surface area contributed by atoms with Gasteiger partial charge in [-0.2, -0.15) is 0 Å². The minimum absolute atomic E-state index is 0.0306. The maximum absolute atomic E-state index is 7.08. The number of hydrogen-bond acceptors (Lipinski definition) is 5. The van der Waals surface area contributed by atoms with E-state index in [2.05, 4.69) is 48.2 Å². The quantitative estimate of drug-likeness (QED) is 0.184. The van der Waals surface area contributed by atoms with E-state index in [1.54, 1.807) is 0 Å². The van der Waals surface area contributed by atoms with E-state index >= 15 is 0 Å². The van der Waals surface area contributed by atoms with Crippen LogP contribution in [0.4, 0.5) is 0 Å². The molecule has 0 aliphatic carbocycles. The lowest BCUT2D eigenvalue weighted by Gasteiger charge is -2.39. The zero-order valence-corrected chi connectivity index (χ0v) is 17.0. The summed E-state index contributed by atoms with van der Waals surface area (Å²) in [4.78, 5) is 3.45. The Morgan fingerprint density at radius 3 is 2.65 bits per heavy atom. The first-order valence-corrected chi connectivity index (χ1v) is 10.4. The molecule has 0 spiro atoms. The van der Waals surface area contributed by atoms with Crippen LogP contribution in [0.3, 0.4) is 0 Å². The molecule has 6 nitrogen and oxygen atoms in total. The fourth-order valence-corrected chi connectivity index (χ4v) is 5.53. The van der Waals surface area contributed by atoms with Crippen LogP contribution in [-0.4, -0.2) is 81.4 Å². The smallest absolute Gasteiger partial charge is 0.215 e. The van der Waals surface area contributed by atoms with Gasteiger partial charge in [0.05, 0.1) is 6.61 Å². The third-order valence-corrected chi connectivity index (χ3v) is 6.67. The molecular formula is C18H30BN2O4P. The average Bonchev–Trinajstić information content (AvgIpc) is 2.87. The van der Waals surface area contributed by atoms with Crippen LogP contribution in [0.15, 0.2) is 0 Å². The topological polar surface area (TPSA) is 55.5 Å². The van der Waals surface area contributed by atoms with Crippen molar-refractivity contribution in [2.75, 3.05) is 25.9 Å². The molecule has 2 radical (unpaired) electrons. The van der Waals surface area contributed by atoms with Gasteiger partial charge in [0, 0.05) is 30.7 Å². The van der Waals surface area contributed by atoms with Crippen molar-refractivity contribution in [1.29, 1.82) is 1.43 Å². The molecule has 0 aromatic carbocycles. The van der Waals surface area contributed by atoms with E-state index in [1.165, 1.54) is 0 Å². The van der Waals surface area contributed by atoms with Crippen molar-refractivity contribution in [1.82, 2.24) is 4.67 Å². The second-order valence-electron chi connectivity index (χ2n) is 6.73. The highest BCUT2D eigenvalue weighted by Crippen LogP contribution is 2.48. The largest absolute Gasteiger partial charge is 0.394 e. The summed E-state index contributed by atoms with van der Waals surface area (Å²) in [6, 6.07) is -0.151. The van der Waals surface area contributed by atoms with Crippen molar-refractivity contribution in [2.45, 2.75) is 70.5 Å². The van der Waals surface area contributed by atoms with Crippen LogP contribution in [0.1, 0.15) is 34.1 Å². The Morgan fingerprint density at radius 2 is 2.12 bits per heavy atom. The number of aliphatic hydroxyl groups excluding tert-OH is 1. The van der Waals surface area contributed by atoms with Crippen LogP contribution in [-0.2, 0) is 14.0 Å². The van der Waals surface area contributed by atoms with Crippen LogP contribution in [0.2, 0.25) is 0 Å². The van der Waals surface area contributed by atoms with E-state index in [0.29, 0.717) is 6.54 Å². The first-order valence-electron chi connectivity index (χ1n) is 9.38. The number of terminal acetylenes is 1. The first kappa shape index (κ1) is 21.6. The van der Waals surface area contributed by atoms with Gasteiger partial charge in [0.1, 0.15) is 41.1 Å². The molecule has 1 N–H and O–H groups in total. The van der Waals surface area contributed by atoms with Gasteiger partial charge < -0.3 is 24.0 Å². The Bertz CT molecular complexity index is 507. The van der Waals surface area contributed by atoms with E-state index in [9.17, 15) is 0 Å². The monoisotopic (exact) mass is 381 g/mol. The minimum Gasteiger partial charge on any atom is -0.394 e. The molecule has 1 heterocycles. The van der Waals surface area contributed by atoms with Crippen molar-refractivity contribution in [3.8, 4) is 12.3 Å². The maximum atomic E-state index is 7.08. The fraction of sp³-hybridized carbons (Fsp3) is 0.833. The van der Waals surface area contributed by atoms with Gasteiger partial charge in [-0.05, 0) is 27.7 Å². The first-order chi connectivity index (χ1) is 12.9. The molecule has 26 heavy (non-hydrogen) atoms.